The van der Waals surface area contributed by atoms with Crippen molar-refractivity contribution in [2.45, 2.75) is 44.6 Å². The van der Waals surface area contributed by atoms with Crippen molar-refractivity contribution in [1.29, 1.82) is 0 Å². The average Bonchev–Trinajstić information content (AvgIpc) is 3.03. The number of ether oxygens (including phenoxy) is 1. The van der Waals surface area contributed by atoms with E-state index in [1.807, 2.05) is 4.90 Å². The lowest BCUT2D eigenvalue weighted by Gasteiger charge is -2.31. The van der Waals surface area contributed by atoms with Gasteiger partial charge < -0.3 is 14.7 Å². The van der Waals surface area contributed by atoms with E-state index in [-0.39, 0.29) is 29.1 Å². The van der Waals surface area contributed by atoms with Gasteiger partial charge in [0.05, 0.1) is 11.1 Å². The fourth-order valence-corrected chi connectivity index (χ4v) is 3.75. The smallest absolute Gasteiger partial charge is 0.339 e. The molecule has 1 N–H and O–H groups in total. The molecule has 2 atom stereocenters. The summed E-state index contributed by atoms with van der Waals surface area (Å²) in [7, 11) is 0. The molecule has 0 radical (unpaired) electrons. The van der Waals surface area contributed by atoms with Crippen molar-refractivity contribution in [3.63, 3.8) is 0 Å². The molecule has 1 saturated carbocycles. The Morgan fingerprint density at radius 2 is 1.88 bits per heavy atom. The standard InChI is InChI=1S/C19H23NO5/c21-17-10-3-4-11-20(17)12-13-6-5-9-16(13)25-19(24)15-8-2-1-7-14(15)18(22)23/h1-2,7-8,13,16H,3-6,9-12H2,(H,22,23). The second-order valence-electron chi connectivity index (χ2n) is 6.78. The zero-order chi connectivity index (χ0) is 17.8. The van der Waals surface area contributed by atoms with Gasteiger partial charge in [0.15, 0.2) is 0 Å². The van der Waals surface area contributed by atoms with Crippen LogP contribution in [0.4, 0.5) is 0 Å². The maximum absolute atomic E-state index is 12.5. The number of hydrogen-bond acceptors (Lipinski definition) is 4. The summed E-state index contributed by atoms with van der Waals surface area (Å²) >= 11 is 0. The molecule has 1 aromatic carbocycles. The Balaban J connectivity index is 1.66. The number of carbonyl (C=O) groups is 3. The van der Waals surface area contributed by atoms with Crippen molar-refractivity contribution in [1.82, 2.24) is 4.90 Å². The Kier molecular flexibility index (Phi) is 5.36. The molecule has 2 fully saturated rings. The largest absolute Gasteiger partial charge is 0.478 e. The van der Waals surface area contributed by atoms with Crippen LogP contribution < -0.4 is 0 Å². The van der Waals surface area contributed by atoms with E-state index < -0.39 is 11.9 Å². The fraction of sp³-hybridized carbons (Fsp3) is 0.526. The molecular weight excluding hydrogens is 322 g/mol. The molecule has 2 unspecified atom stereocenters. The second kappa shape index (κ2) is 7.68. The van der Waals surface area contributed by atoms with Gasteiger partial charge in [-0.05, 0) is 44.2 Å². The summed E-state index contributed by atoms with van der Waals surface area (Å²) in [5.41, 5.74) is 0.0305. The van der Waals surface area contributed by atoms with Crippen LogP contribution in [0.15, 0.2) is 24.3 Å². The van der Waals surface area contributed by atoms with E-state index in [4.69, 9.17) is 4.74 Å². The number of carboxylic acid groups (broad SMARTS) is 1. The van der Waals surface area contributed by atoms with E-state index in [9.17, 15) is 19.5 Å². The fourth-order valence-electron chi connectivity index (χ4n) is 3.75. The number of carbonyl (C=O) groups excluding carboxylic acids is 2. The van der Waals surface area contributed by atoms with Gasteiger partial charge in [0.2, 0.25) is 5.91 Å². The molecule has 0 aromatic heterocycles. The molecule has 0 spiro atoms. The molecule has 1 saturated heterocycles. The Morgan fingerprint density at radius 1 is 1.12 bits per heavy atom. The van der Waals surface area contributed by atoms with Gasteiger partial charge in [0.25, 0.3) is 0 Å². The van der Waals surface area contributed by atoms with Crippen LogP contribution in [0.5, 0.6) is 0 Å². The summed E-state index contributed by atoms with van der Waals surface area (Å²) in [4.78, 5) is 37.6. The van der Waals surface area contributed by atoms with Crippen LogP contribution in [0.3, 0.4) is 0 Å². The highest BCUT2D eigenvalue weighted by atomic mass is 16.5. The van der Waals surface area contributed by atoms with Gasteiger partial charge in [-0.25, -0.2) is 9.59 Å². The van der Waals surface area contributed by atoms with E-state index in [1.54, 1.807) is 12.1 Å². The SMILES string of the molecule is O=C(O)c1ccccc1C(=O)OC1CCCC1CN1CCCCC1=O. The minimum absolute atomic E-state index is 0.0479. The quantitative estimate of drug-likeness (QED) is 0.830. The lowest BCUT2D eigenvalue weighted by Crippen LogP contribution is -2.41. The number of nitrogens with zero attached hydrogens (tertiary/aromatic N) is 1. The van der Waals surface area contributed by atoms with E-state index >= 15 is 0 Å². The van der Waals surface area contributed by atoms with Crippen molar-refractivity contribution in [2.75, 3.05) is 13.1 Å². The number of rotatable bonds is 5. The van der Waals surface area contributed by atoms with Gasteiger partial charge in [-0.15, -0.1) is 0 Å². The van der Waals surface area contributed by atoms with Gasteiger partial charge in [-0.3, -0.25) is 4.79 Å². The molecular formula is C19H23NO5. The van der Waals surface area contributed by atoms with Gasteiger partial charge in [0.1, 0.15) is 6.10 Å². The first-order valence-corrected chi connectivity index (χ1v) is 8.87. The zero-order valence-corrected chi connectivity index (χ0v) is 14.1. The number of likely N-dealkylation sites (tertiary alicyclic amines) is 1. The summed E-state index contributed by atoms with van der Waals surface area (Å²) in [6, 6.07) is 6.09. The predicted octanol–water partition coefficient (Wildman–Crippen LogP) is 2.72. The third-order valence-corrected chi connectivity index (χ3v) is 5.10. The van der Waals surface area contributed by atoms with Gasteiger partial charge in [-0.1, -0.05) is 12.1 Å². The highest BCUT2D eigenvalue weighted by Crippen LogP contribution is 2.31. The molecule has 1 aliphatic carbocycles. The minimum atomic E-state index is -1.14. The van der Waals surface area contributed by atoms with Crippen LogP contribution in [0, 0.1) is 5.92 Å². The van der Waals surface area contributed by atoms with E-state index in [0.717, 1.165) is 38.6 Å². The monoisotopic (exact) mass is 345 g/mol. The number of amides is 1. The molecule has 3 rings (SSSR count). The summed E-state index contributed by atoms with van der Waals surface area (Å²) in [5, 5.41) is 9.22. The Hall–Kier alpha value is -2.37. The third kappa shape index (κ3) is 4.00. The van der Waals surface area contributed by atoms with Crippen LogP contribution in [0.2, 0.25) is 0 Å². The topological polar surface area (TPSA) is 83.9 Å². The second-order valence-corrected chi connectivity index (χ2v) is 6.78. The van der Waals surface area contributed by atoms with Crippen LogP contribution in [0.1, 0.15) is 59.2 Å². The van der Waals surface area contributed by atoms with E-state index in [1.165, 1.54) is 12.1 Å². The Morgan fingerprint density at radius 3 is 2.60 bits per heavy atom. The van der Waals surface area contributed by atoms with E-state index in [2.05, 4.69) is 0 Å². The highest BCUT2D eigenvalue weighted by Gasteiger charge is 2.34. The van der Waals surface area contributed by atoms with Crippen molar-refractivity contribution >= 4 is 17.8 Å². The first-order valence-electron chi connectivity index (χ1n) is 8.87. The van der Waals surface area contributed by atoms with E-state index in [0.29, 0.717) is 13.0 Å². The van der Waals surface area contributed by atoms with Crippen LogP contribution in [0.25, 0.3) is 0 Å². The average molecular weight is 345 g/mol. The summed E-state index contributed by atoms with van der Waals surface area (Å²) in [6.45, 7) is 1.40. The minimum Gasteiger partial charge on any atom is -0.478 e. The summed E-state index contributed by atoms with van der Waals surface area (Å²) < 4.78 is 5.64. The molecule has 1 aromatic rings. The van der Waals surface area contributed by atoms with Crippen LogP contribution in [-0.4, -0.2) is 47.0 Å². The number of esters is 1. The first-order chi connectivity index (χ1) is 12.1. The summed E-state index contributed by atoms with van der Waals surface area (Å²) in [6.07, 6.45) is 4.94. The van der Waals surface area contributed by atoms with Crippen LogP contribution >= 0.6 is 0 Å². The highest BCUT2D eigenvalue weighted by molar-refractivity contribution is 6.02. The lowest BCUT2D eigenvalue weighted by molar-refractivity contribution is -0.134. The van der Waals surface area contributed by atoms with Gasteiger partial charge in [0, 0.05) is 25.4 Å². The zero-order valence-electron chi connectivity index (χ0n) is 14.1. The molecule has 6 heteroatoms. The molecule has 1 amide bonds. The number of carboxylic acids is 1. The van der Waals surface area contributed by atoms with Crippen LogP contribution in [-0.2, 0) is 9.53 Å². The number of piperidine rings is 1. The van der Waals surface area contributed by atoms with Crippen molar-refractivity contribution in [2.24, 2.45) is 5.92 Å². The lowest BCUT2D eigenvalue weighted by atomic mass is 10.0. The first kappa shape index (κ1) is 17.5. The predicted molar refractivity (Wildman–Crippen MR) is 90.4 cm³/mol. The van der Waals surface area contributed by atoms with Gasteiger partial charge >= 0.3 is 11.9 Å². The Bertz CT molecular complexity index is 672. The maximum atomic E-state index is 12.5. The van der Waals surface area contributed by atoms with Gasteiger partial charge in [-0.2, -0.15) is 0 Å². The van der Waals surface area contributed by atoms with Crippen molar-refractivity contribution in [3.05, 3.63) is 35.4 Å². The van der Waals surface area contributed by atoms with Crippen molar-refractivity contribution < 1.29 is 24.2 Å². The maximum Gasteiger partial charge on any atom is 0.339 e. The molecule has 6 nitrogen and oxygen atoms in total. The molecule has 25 heavy (non-hydrogen) atoms. The number of hydrogen-bond donors (Lipinski definition) is 1. The number of aromatic carboxylic acids is 1. The molecule has 1 aliphatic heterocycles. The molecule has 2 aliphatic rings. The Labute approximate surface area is 146 Å². The summed E-state index contributed by atoms with van der Waals surface area (Å²) in [5.74, 6) is -1.43. The number of benzene rings is 1. The molecule has 0 bridgehead atoms. The third-order valence-electron chi connectivity index (χ3n) is 5.10. The normalized spacial score (nSPS) is 23.5. The molecule has 1 heterocycles. The van der Waals surface area contributed by atoms with Crippen molar-refractivity contribution in [3.8, 4) is 0 Å². The molecule has 134 valence electrons.